The minimum Gasteiger partial charge on any atom is -0.494 e. The summed E-state index contributed by atoms with van der Waals surface area (Å²) in [5.41, 5.74) is 5.52. The first-order valence-electron chi connectivity index (χ1n) is 12.8. The number of hydrogen-bond donors (Lipinski definition) is 2. The lowest BCUT2D eigenvalue weighted by Gasteiger charge is -2.25. The van der Waals surface area contributed by atoms with Gasteiger partial charge in [-0.15, -0.1) is 0 Å². The third kappa shape index (κ3) is 5.99. The molecule has 2 amide bonds. The van der Waals surface area contributed by atoms with Crippen LogP contribution in [-0.2, 0) is 11.0 Å². The van der Waals surface area contributed by atoms with E-state index in [2.05, 4.69) is 20.3 Å². The third-order valence-corrected chi connectivity index (χ3v) is 6.46. The van der Waals surface area contributed by atoms with E-state index < -0.39 is 29.9 Å². The minimum atomic E-state index is -4.67. The van der Waals surface area contributed by atoms with E-state index in [1.54, 1.807) is 30.2 Å². The van der Waals surface area contributed by atoms with Crippen LogP contribution in [0.3, 0.4) is 0 Å². The Balaban J connectivity index is 1.79. The van der Waals surface area contributed by atoms with Crippen molar-refractivity contribution in [3.8, 4) is 17.2 Å². The fourth-order valence-electron chi connectivity index (χ4n) is 4.37. The van der Waals surface area contributed by atoms with Crippen molar-refractivity contribution in [1.29, 1.82) is 0 Å². The number of methoxy groups -OCH3 is 1. The number of nitrogens with one attached hydrogen (secondary N) is 1. The Bertz CT molecular complexity index is 1550. The van der Waals surface area contributed by atoms with E-state index in [-0.39, 0.29) is 45.5 Å². The fourth-order valence-corrected chi connectivity index (χ4v) is 4.37. The number of amides is 2. The molecule has 3 N–H and O–H groups in total. The predicted octanol–water partition coefficient (Wildman–Crippen LogP) is 4.67. The molecule has 41 heavy (non-hydrogen) atoms. The Kier molecular flexibility index (Phi) is 8.57. The zero-order valence-corrected chi connectivity index (χ0v) is 22.8. The van der Waals surface area contributed by atoms with Crippen LogP contribution in [0.15, 0.2) is 53.2 Å². The summed E-state index contributed by atoms with van der Waals surface area (Å²) < 4.78 is 51.2. The second-order valence-electron chi connectivity index (χ2n) is 9.13. The molecule has 0 bridgehead atoms. The van der Waals surface area contributed by atoms with Crippen LogP contribution in [0.25, 0.3) is 22.4 Å². The first kappa shape index (κ1) is 29.5. The lowest BCUT2D eigenvalue weighted by atomic mass is 10.1. The Morgan fingerprint density at radius 1 is 1.12 bits per heavy atom. The number of aromatic nitrogens is 3. The fraction of sp³-hybridized carbons (Fsp3) is 0.321. The SMILES string of the molecule is CCN(CC)C(=O)[C@@H](NC(=O)c1nc(-c2ccc(OC)c3nc(C(F)(F)F)ccc23)oc1[C@H](C)N)c1cccnc1. The molecular formula is C28H29F3N6O4. The molecule has 4 aromatic rings. The zero-order valence-electron chi connectivity index (χ0n) is 22.8. The van der Waals surface area contributed by atoms with Gasteiger partial charge < -0.3 is 25.1 Å². The highest BCUT2D eigenvalue weighted by atomic mass is 19.4. The highest BCUT2D eigenvalue weighted by Crippen LogP contribution is 2.37. The van der Waals surface area contributed by atoms with Gasteiger partial charge in [0.2, 0.25) is 11.8 Å². The first-order valence-corrected chi connectivity index (χ1v) is 12.8. The Hall–Kier alpha value is -4.52. The molecule has 0 radical (unpaired) electrons. The number of carbonyl (C=O) groups is 2. The Labute approximate surface area is 233 Å². The smallest absolute Gasteiger partial charge is 0.433 e. The Morgan fingerprint density at radius 3 is 2.44 bits per heavy atom. The molecule has 0 saturated heterocycles. The number of rotatable bonds is 9. The number of likely N-dealkylation sites (N-methyl/N-ethyl adjacent to an activating group) is 1. The van der Waals surface area contributed by atoms with Gasteiger partial charge in [-0.25, -0.2) is 9.97 Å². The molecule has 2 atom stereocenters. The van der Waals surface area contributed by atoms with Crippen LogP contribution in [0.1, 0.15) is 60.4 Å². The standard InChI is InChI=1S/C28H29F3N6O4/c1-5-37(6-2)27(39)21(16-8-7-13-33-14-16)35-25(38)23-24(15(3)32)41-26(36-23)18-9-11-19(40-4)22-17(18)10-12-20(34-22)28(29,30)31/h7-15,21H,5-6,32H2,1-4H3,(H,35,38)/t15-,21-/m0/s1. The minimum absolute atomic E-state index is 0.0292. The molecule has 3 heterocycles. The van der Waals surface area contributed by atoms with Crippen LogP contribution in [-0.4, -0.2) is 51.9 Å². The van der Waals surface area contributed by atoms with E-state index in [1.165, 1.54) is 31.5 Å². The molecule has 4 rings (SSSR count). The van der Waals surface area contributed by atoms with Crippen LogP contribution in [0, 0.1) is 0 Å². The molecule has 0 aliphatic rings. The maximum Gasteiger partial charge on any atom is 0.433 e. The van der Waals surface area contributed by atoms with Gasteiger partial charge in [0.25, 0.3) is 5.91 Å². The van der Waals surface area contributed by atoms with Gasteiger partial charge in [-0.05, 0) is 51.1 Å². The molecule has 0 aliphatic heterocycles. The van der Waals surface area contributed by atoms with Gasteiger partial charge in [-0.2, -0.15) is 13.2 Å². The van der Waals surface area contributed by atoms with Crippen molar-refractivity contribution in [3.63, 3.8) is 0 Å². The number of ether oxygens (including phenoxy) is 1. The number of oxazole rings is 1. The third-order valence-electron chi connectivity index (χ3n) is 6.46. The summed E-state index contributed by atoms with van der Waals surface area (Å²) in [6, 6.07) is 6.52. The van der Waals surface area contributed by atoms with Crippen molar-refractivity contribution in [2.75, 3.05) is 20.2 Å². The summed E-state index contributed by atoms with van der Waals surface area (Å²) in [7, 11) is 1.32. The summed E-state index contributed by atoms with van der Waals surface area (Å²) in [4.78, 5) is 40.7. The summed E-state index contributed by atoms with van der Waals surface area (Å²) >= 11 is 0. The second-order valence-corrected chi connectivity index (χ2v) is 9.13. The number of hydrogen-bond acceptors (Lipinski definition) is 8. The van der Waals surface area contributed by atoms with E-state index in [0.29, 0.717) is 18.7 Å². The van der Waals surface area contributed by atoms with E-state index in [4.69, 9.17) is 14.9 Å². The highest BCUT2D eigenvalue weighted by molar-refractivity contribution is 5.99. The van der Waals surface area contributed by atoms with Crippen molar-refractivity contribution in [3.05, 3.63) is 71.5 Å². The number of fused-ring (bicyclic) bond motifs is 1. The number of halogens is 3. The average molecular weight is 571 g/mol. The summed E-state index contributed by atoms with van der Waals surface area (Å²) in [6.07, 6.45) is -1.63. The number of nitrogens with two attached hydrogens (primary N) is 1. The second kappa shape index (κ2) is 11.9. The lowest BCUT2D eigenvalue weighted by molar-refractivity contribution is -0.141. The van der Waals surface area contributed by atoms with E-state index in [9.17, 15) is 22.8 Å². The van der Waals surface area contributed by atoms with E-state index in [1.807, 2.05) is 13.8 Å². The van der Waals surface area contributed by atoms with Crippen molar-refractivity contribution >= 4 is 22.7 Å². The van der Waals surface area contributed by atoms with Gasteiger partial charge in [0.1, 0.15) is 23.0 Å². The number of carbonyl (C=O) groups excluding carboxylic acids is 2. The quantitative estimate of drug-likeness (QED) is 0.296. The maximum absolute atomic E-state index is 13.6. The van der Waals surface area contributed by atoms with Crippen LogP contribution < -0.4 is 15.8 Å². The highest BCUT2D eigenvalue weighted by Gasteiger charge is 2.34. The van der Waals surface area contributed by atoms with Crippen molar-refractivity contribution in [2.45, 2.75) is 39.0 Å². The van der Waals surface area contributed by atoms with Crippen LogP contribution >= 0.6 is 0 Å². The monoisotopic (exact) mass is 570 g/mol. The zero-order chi connectivity index (χ0) is 29.9. The van der Waals surface area contributed by atoms with Gasteiger partial charge >= 0.3 is 6.18 Å². The molecule has 0 spiro atoms. The normalized spacial score (nSPS) is 13.1. The number of nitrogens with zero attached hydrogens (tertiary/aromatic N) is 4. The molecule has 13 heteroatoms. The summed E-state index contributed by atoms with van der Waals surface area (Å²) in [6.45, 7) is 6.09. The predicted molar refractivity (Wildman–Crippen MR) is 144 cm³/mol. The summed E-state index contributed by atoms with van der Waals surface area (Å²) in [5.74, 6) is -0.987. The van der Waals surface area contributed by atoms with Gasteiger partial charge in [-0.1, -0.05) is 6.07 Å². The van der Waals surface area contributed by atoms with Crippen LogP contribution in [0.5, 0.6) is 5.75 Å². The molecule has 0 unspecified atom stereocenters. The molecule has 0 aliphatic carbocycles. The van der Waals surface area contributed by atoms with Gasteiger partial charge in [0.05, 0.1) is 13.2 Å². The molecule has 1 aromatic carbocycles. The van der Waals surface area contributed by atoms with E-state index in [0.717, 1.165) is 6.07 Å². The average Bonchev–Trinajstić information content (AvgIpc) is 3.41. The molecular weight excluding hydrogens is 541 g/mol. The van der Waals surface area contributed by atoms with Gasteiger partial charge in [0, 0.05) is 42.0 Å². The molecule has 3 aromatic heterocycles. The largest absolute Gasteiger partial charge is 0.494 e. The topological polar surface area (TPSA) is 136 Å². The molecule has 216 valence electrons. The Morgan fingerprint density at radius 2 is 1.85 bits per heavy atom. The number of alkyl halides is 3. The van der Waals surface area contributed by atoms with E-state index >= 15 is 0 Å². The first-order chi connectivity index (χ1) is 19.5. The van der Waals surface area contributed by atoms with Crippen molar-refractivity contribution in [1.82, 2.24) is 25.2 Å². The van der Waals surface area contributed by atoms with Crippen LogP contribution in [0.2, 0.25) is 0 Å². The van der Waals surface area contributed by atoms with Crippen LogP contribution in [0.4, 0.5) is 13.2 Å². The number of benzene rings is 1. The molecule has 0 saturated carbocycles. The van der Waals surface area contributed by atoms with Gasteiger partial charge in [-0.3, -0.25) is 14.6 Å². The van der Waals surface area contributed by atoms with Crippen molar-refractivity contribution in [2.24, 2.45) is 5.73 Å². The maximum atomic E-state index is 13.6. The summed E-state index contributed by atoms with van der Waals surface area (Å²) in [5, 5.41) is 2.99. The number of pyridine rings is 2. The van der Waals surface area contributed by atoms with Gasteiger partial charge in [0.15, 0.2) is 11.5 Å². The lowest BCUT2D eigenvalue weighted by Crippen LogP contribution is -2.43. The molecule has 10 nitrogen and oxygen atoms in total. The molecule has 0 fully saturated rings. The van der Waals surface area contributed by atoms with Crippen molar-refractivity contribution < 1.29 is 31.9 Å².